The topological polar surface area (TPSA) is 64.6 Å². The first-order valence-electron chi connectivity index (χ1n) is 7.52. The largest absolute Gasteiger partial charge is 0.394 e. The molecule has 0 aromatic heterocycles. The fraction of sp³-hybridized carbons (Fsp3) is 0.562. The number of aliphatic hydroxyl groups is 1. The summed E-state index contributed by atoms with van der Waals surface area (Å²) in [5.74, 6) is 0.420. The number of urea groups is 1. The van der Waals surface area contributed by atoms with Crippen LogP contribution >= 0.6 is 0 Å². The van der Waals surface area contributed by atoms with E-state index in [1.807, 2.05) is 18.2 Å². The van der Waals surface area contributed by atoms with Crippen LogP contribution in [0.2, 0.25) is 0 Å². The molecule has 3 atom stereocenters. The van der Waals surface area contributed by atoms with Gasteiger partial charge >= 0.3 is 6.03 Å². The summed E-state index contributed by atoms with van der Waals surface area (Å²) in [6, 6.07) is 10.1. The fourth-order valence-corrected chi connectivity index (χ4v) is 2.71. The lowest BCUT2D eigenvalue weighted by Crippen LogP contribution is -2.48. The lowest BCUT2D eigenvalue weighted by atomic mass is 10.1. The van der Waals surface area contributed by atoms with Crippen molar-refractivity contribution in [2.75, 3.05) is 19.7 Å². The van der Waals surface area contributed by atoms with Gasteiger partial charge in [-0.15, -0.1) is 0 Å². The average molecular weight is 291 g/mol. The second kappa shape index (κ2) is 7.43. The van der Waals surface area contributed by atoms with Gasteiger partial charge in [0.15, 0.2) is 0 Å². The minimum Gasteiger partial charge on any atom is -0.394 e. The van der Waals surface area contributed by atoms with E-state index in [-0.39, 0.29) is 24.7 Å². The predicted octanol–water partition coefficient (Wildman–Crippen LogP) is 1.19. The van der Waals surface area contributed by atoms with Crippen LogP contribution in [0, 0.1) is 5.92 Å². The van der Waals surface area contributed by atoms with Crippen molar-refractivity contribution in [3.05, 3.63) is 35.9 Å². The van der Waals surface area contributed by atoms with Gasteiger partial charge in [0.05, 0.1) is 12.6 Å². The van der Waals surface area contributed by atoms with Gasteiger partial charge in [0.1, 0.15) is 0 Å². The molecule has 1 fully saturated rings. The van der Waals surface area contributed by atoms with Crippen LogP contribution in [0.4, 0.5) is 4.79 Å². The summed E-state index contributed by atoms with van der Waals surface area (Å²) in [4.78, 5) is 14.2. The van der Waals surface area contributed by atoms with Gasteiger partial charge in [0.2, 0.25) is 0 Å². The summed E-state index contributed by atoms with van der Waals surface area (Å²) in [6.07, 6.45) is 0. The summed E-state index contributed by atoms with van der Waals surface area (Å²) in [6.45, 7) is 6.64. The number of likely N-dealkylation sites (tertiary alicyclic amines) is 1. The molecule has 1 aromatic rings. The standard InChI is InChI=1S/C16H25N3O2/c1-12-8-19(9-14-6-4-3-5-7-14)10-15(12)18-16(21)17-13(2)11-20/h3-7,12-13,15,20H,8-11H2,1-2H3,(H2,17,18,21)/t12?,13-,15?/m0/s1. The monoisotopic (exact) mass is 291 g/mol. The number of hydrogen-bond acceptors (Lipinski definition) is 3. The highest BCUT2D eigenvalue weighted by Gasteiger charge is 2.30. The number of nitrogens with zero attached hydrogens (tertiary/aromatic N) is 1. The van der Waals surface area contributed by atoms with Gasteiger partial charge in [0, 0.05) is 25.7 Å². The van der Waals surface area contributed by atoms with Gasteiger partial charge in [0.25, 0.3) is 0 Å². The summed E-state index contributed by atoms with van der Waals surface area (Å²) < 4.78 is 0. The first kappa shape index (κ1) is 15.8. The van der Waals surface area contributed by atoms with E-state index in [1.165, 1.54) is 5.56 Å². The lowest BCUT2D eigenvalue weighted by molar-refractivity contribution is 0.216. The molecular weight excluding hydrogens is 266 g/mol. The van der Waals surface area contributed by atoms with Crippen molar-refractivity contribution in [3.63, 3.8) is 0 Å². The van der Waals surface area contributed by atoms with Gasteiger partial charge in [-0.25, -0.2) is 4.79 Å². The highest BCUT2D eigenvalue weighted by atomic mass is 16.3. The highest BCUT2D eigenvalue weighted by molar-refractivity contribution is 5.74. The molecule has 0 radical (unpaired) electrons. The van der Waals surface area contributed by atoms with E-state index in [2.05, 4.69) is 34.6 Å². The van der Waals surface area contributed by atoms with Crippen LogP contribution in [0.25, 0.3) is 0 Å². The second-order valence-electron chi connectivity index (χ2n) is 5.96. The molecule has 1 heterocycles. The molecule has 0 aliphatic carbocycles. The van der Waals surface area contributed by atoms with Crippen LogP contribution in [0.15, 0.2) is 30.3 Å². The number of benzene rings is 1. The fourth-order valence-electron chi connectivity index (χ4n) is 2.71. The molecule has 1 aromatic carbocycles. The van der Waals surface area contributed by atoms with Crippen molar-refractivity contribution in [2.45, 2.75) is 32.5 Å². The van der Waals surface area contributed by atoms with E-state index in [9.17, 15) is 4.79 Å². The molecule has 0 spiro atoms. The molecule has 0 saturated carbocycles. The third kappa shape index (κ3) is 4.72. The van der Waals surface area contributed by atoms with Crippen molar-refractivity contribution >= 4 is 6.03 Å². The van der Waals surface area contributed by atoms with E-state index in [0.29, 0.717) is 5.92 Å². The maximum atomic E-state index is 11.8. The Balaban J connectivity index is 1.82. The minimum atomic E-state index is -0.220. The van der Waals surface area contributed by atoms with Crippen LogP contribution in [-0.4, -0.2) is 47.8 Å². The number of amides is 2. The maximum Gasteiger partial charge on any atom is 0.315 e. The Morgan fingerprint density at radius 3 is 2.76 bits per heavy atom. The summed E-state index contributed by atoms with van der Waals surface area (Å²) >= 11 is 0. The SMILES string of the molecule is CC1CN(Cc2ccccc2)CC1NC(=O)N[C@@H](C)CO. The quantitative estimate of drug-likeness (QED) is 0.763. The Morgan fingerprint density at radius 1 is 1.38 bits per heavy atom. The number of hydrogen-bond donors (Lipinski definition) is 3. The first-order chi connectivity index (χ1) is 10.1. The Bertz CT molecular complexity index is 452. The first-order valence-corrected chi connectivity index (χ1v) is 7.52. The molecule has 2 rings (SSSR count). The summed E-state index contributed by atoms with van der Waals surface area (Å²) in [5.41, 5.74) is 1.30. The van der Waals surface area contributed by atoms with Gasteiger partial charge < -0.3 is 15.7 Å². The van der Waals surface area contributed by atoms with Crippen LogP contribution in [-0.2, 0) is 6.54 Å². The van der Waals surface area contributed by atoms with Crippen LogP contribution in [0.5, 0.6) is 0 Å². The average Bonchev–Trinajstić information content (AvgIpc) is 2.79. The van der Waals surface area contributed by atoms with Crippen molar-refractivity contribution in [1.29, 1.82) is 0 Å². The van der Waals surface area contributed by atoms with Crippen LogP contribution in [0.1, 0.15) is 19.4 Å². The Morgan fingerprint density at radius 2 is 2.10 bits per heavy atom. The normalized spacial score (nSPS) is 23.8. The molecule has 1 aliphatic heterocycles. The van der Waals surface area contributed by atoms with Crippen molar-refractivity contribution in [2.24, 2.45) is 5.92 Å². The predicted molar refractivity (Wildman–Crippen MR) is 82.9 cm³/mol. The van der Waals surface area contributed by atoms with Crippen molar-refractivity contribution in [3.8, 4) is 0 Å². The molecule has 5 nitrogen and oxygen atoms in total. The third-order valence-electron chi connectivity index (χ3n) is 3.90. The molecular formula is C16H25N3O2. The van der Waals surface area contributed by atoms with E-state index < -0.39 is 0 Å². The Hall–Kier alpha value is -1.59. The van der Waals surface area contributed by atoms with Gasteiger partial charge in [-0.2, -0.15) is 0 Å². The van der Waals surface area contributed by atoms with Crippen molar-refractivity contribution in [1.82, 2.24) is 15.5 Å². The Kier molecular flexibility index (Phi) is 5.59. The lowest BCUT2D eigenvalue weighted by Gasteiger charge is -2.19. The molecule has 5 heteroatoms. The number of nitrogens with one attached hydrogen (secondary N) is 2. The highest BCUT2D eigenvalue weighted by Crippen LogP contribution is 2.18. The smallest absolute Gasteiger partial charge is 0.315 e. The van der Waals surface area contributed by atoms with Crippen LogP contribution < -0.4 is 10.6 Å². The zero-order valence-electron chi connectivity index (χ0n) is 12.7. The number of aliphatic hydroxyl groups excluding tert-OH is 1. The maximum absolute atomic E-state index is 11.8. The van der Waals surface area contributed by atoms with E-state index in [0.717, 1.165) is 19.6 Å². The van der Waals surface area contributed by atoms with E-state index in [4.69, 9.17) is 5.11 Å². The van der Waals surface area contributed by atoms with Crippen LogP contribution in [0.3, 0.4) is 0 Å². The summed E-state index contributed by atoms with van der Waals surface area (Å²) in [5, 5.41) is 14.7. The molecule has 2 amide bonds. The third-order valence-corrected chi connectivity index (χ3v) is 3.90. The molecule has 2 unspecified atom stereocenters. The number of rotatable bonds is 5. The molecule has 3 N–H and O–H groups in total. The molecule has 1 saturated heterocycles. The van der Waals surface area contributed by atoms with E-state index in [1.54, 1.807) is 6.92 Å². The van der Waals surface area contributed by atoms with E-state index >= 15 is 0 Å². The zero-order chi connectivity index (χ0) is 15.2. The minimum absolute atomic E-state index is 0.0478. The molecule has 116 valence electrons. The number of carbonyl (C=O) groups excluding carboxylic acids is 1. The molecule has 1 aliphatic rings. The van der Waals surface area contributed by atoms with Crippen molar-refractivity contribution < 1.29 is 9.90 Å². The summed E-state index contributed by atoms with van der Waals surface area (Å²) in [7, 11) is 0. The Labute approximate surface area is 126 Å². The van der Waals surface area contributed by atoms with Gasteiger partial charge in [-0.05, 0) is 18.4 Å². The number of carbonyl (C=O) groups is 1. The second-order valence-corrected chi connectivity index (χ2v) is 5.96. The van der Waals surface area contributed by atoms with Gasteiger partial charge in [-0.3, -0.25) is 4.90 Å². The zero-order valence-corrected chi connectivity index (χ0v) is 12.7. The molecule has 21 heavy (non-hydrogen) atoms. The van der Waals surface area contributed by atoms with Gasteiger partial charge in [-0.1, -0.05) is 37.3 Å². The molecule has 0 bridgehead atoms.